The molecule has 2 aromatic carbocycles. The van der Waals surface area contributed by atoms with Gasteiger partial charge in [0.05, 0.1) is 12.6 Å². The predicted molar refractivity (Wildman–Crippen MR) is 110 cm³/mol. The maximum atomic E-state index is 12.8. The number of ether oxygens (including phenoxy) is 2. The van der Waals surface area contributed by atoms with Gasteiger partial charge in [-0.25, -0.2) is 0 Å². The molecular formula is C20H24Cl2N2O3. The van der Waals surface area contributed by atoms with Gasteiger partial charge in [-0.05, 0) is 42.8 Å². The molecule has 2 aromatic rings. The van der Waals surface area contributed by atoms with Crippen LogP contribution in [-0.4, -0.2) is 44.9 Å². The number of carbonyl (C=O) groups is 1. The van der Waals surface area contributed by atoms with Gasteiger partial charge >= 0.3 is 0 Å². The number of aryl methyl sites for hydroxylation is 1. The van der Waals surface area contributed by atoms with E-state index in [0.717, 1.165) is 17.8 Å². The van der Waals surface area contributed by atoms with Gasteiger partial charge in [0.1, 0.15) is 5.75 Å². The standard InChI is InChI=1S/C20H23ClN2O3.ClH/c1-14-5-3-4-6-17(14)23-18(13-22-11-12-25-2)19(20(23)24)26-16-9-7-15(21)8-10-16;/h3-10,18-19,22H,11-13H2,1-2H3;1H. The first-order chi connectivity index (χ1) is 12.6. The molecule has 0 saturated carbocycles. The zero-order valence-electron chi connectivity index (χ0n) is 15.4. The summed E-state index contributed by atoms with van der Waals surface area (Å²) in [4.78, 5) is 14.6. The van der Waals surface area contributed by atoms with E-state index >= 15 is 0 Å². The van der Waals surface area contributed by atoms with Crippen LogP contribution in [-0.2, 0) is 9.53 Å². The van der Waals surface area contributed by atoms with E-state index in [0.29, 0.717) is 23.9 Å². The number of carbonyl (C=O) groups excluding carboxylic acids is 1. The van der Waals surface area contributed by atoms with Crippen molar-refractivity contribution in [3.63, 3.8) is 0 Å². The molecule has 2 unspecified atom stereocenters. The second-order valence-corrected chi connectivity index (χ2v) is 6.69. The van der Waals surface area contributed by atoms with Crippen molar-refractivity contribution < 1.29 is 14.3 Å². The predicted octanol–water partition coefficient (Wildman–Crippen LogP) is 3.47. The highest BCUT2D eigenvalue weighted by Crippen LogP contribution is 2.33. The van der Waals surface area contributed by atoms with Crippen LogP contribution < -0.4 is 15.0 Å². The quantitative estimate of drug-likeness (QED) is 0.534. The number of para-hydroxylation sites is 1. The second-order valence-electron chi connectivity index (χ2n) is 6.25. The van der Waals surface area contributed by atoms with E-state index in [-0.39, 0.29) is 24.4 Å². The van der Waals surface area contributed by atoms with Crippen LogP contribution in [0.2, 0.25) is 5.02 Å². The van der Waals surface area contributed by atoms with E-state index in [2.05, 4.69) is 5.32 Å². The molecule has 2 atom stereocenters. The molecule has 1 heterocycles. The molecule has 1 N–H and O–H groups in total. The molecule has 0 bridgehead atoms. The largest absolute Gasteiger partial charge is 0.478 e. The minimum atomic E-state index is -0.522. The van der Waals surface area contributed by atoms with Crippen LogP contribution in [0.1, 0.15) is 5.56 Å². The van der Waals surface area contributed by atoms with Crippen LogP contribution in [0, 0.1) is 6.92 Å². The van der Waals surface area contributed by atoms with Crippen LogP contribution in [0.15, 0.2) is 48.5 Å². The molecule has 1 amide bonds. The summed E-state index contributed by atoms with van der Waals surface area (Å²) in [5, 5.41) is 3.97. The molecule has 0 aliphatic carbocycles. The Balaban J connectivity index is 0.00000261. The third-order valence-corrected chi connectivity index (χ3v) is 4.70. The number of nitrogens with zero attached hydrogens (tertiary/aromatic N) is 1. The highest BCUT2D eigenvalue weighted by Gasteiger charge is 2.50. The summed E-state index contributed by atoms with van der Waals surface area (Å²) in [6.45, 7) is 3.97. The summed E-state index contributed by atoms with van der Waals surface area (Å²) in [6.07, 6.45) is -0.522. The summed E-state index contributed by atoms with van der Waals surface area (Å²) in [7, 11) is 1.67. The number of rotatable bonds is 8. The van der Waals surface area contributed by atoms with Crippen molar-refractivity contribution >= 4 is 35.6 Å². The lowest BCUT2D eigenvalue weighted by Gasteiger charge is -2.47. The van der Waals surface area contributed by atoms with E-state index in [1.807, 2.05) is 36.1 Å². The Kier molecular flexibility index (Phi) is 7.92. The van der Waals surface area contributed by atoms with Crippen LogP contribution in [0.5, 0.6) is 5.75 Å². The molecule has 27 heavy (non-hydrogen) atoms. The fourth-order valence-electron chi connectivity index (χ4n) is 3.06. The number of methoxy groups -OCH3 is 1. The van der Waals surface area contributed by atoms with Crippen LogP contribution in [0.3, 0.4) is 0 Å². The Morgan fingerprint density at radius 1 is 1.15 bits per heavy atom. The molecular weight excluding hydrogens is 387 g/mol. The minimum absolute atomic E-state index is 0. The zero-order valence-corrected chi connectivity index (χ0v) is 16.9. The minimum Gasteiger partial charge on any atom is -0.478 e. The fourth-order valence-corrected chi connectivity index (χ4v) is 3.19. The monoisotopic (exact) mass is 410 g/mol. The number of benzene rings is 2. The lowest BCUT2D eigenvalue weighted by molar-refractivity contribution is -0.134. The first-order valence-corrected chi connectivity index (χ1v) is 9.00. The molecule has 5 nitrogen and oxygen atoms in total. The summed E-state index contributed by atoms with van der Waals surface area (Å²) >= 11 is 5.92. The number of amides is 1. The van der Waals surface area contributed by atoms with Gasteiger partial charge in [0.15, 0.2) is 6.10 Å². The van der Waals surface area contributed by atoms with Gasteiger partial charge in [0.25, 0.3) is 5.91 Å². The van der Waals surface area contributed by atoms with Crippen molar-refractivity contribution in [1.29, 1.82) is 0 Å². The Bertz CT molecular complexity index is 755. The summed E-state index contributed by atoms with van der Waals surface area (Å²) in [6, 6.07) is 14.9. The number of hydrogen-bond acceptors (Lipinski definition) is 4. The molecule has 1 aliphatic rings. The molecule has 1 aliphatic heterocycles. The Hall–Kier alpha value is -1.79. The third-order valence-electron chi connectivity index (χ3n) is 4.45. The van der Waals surface area contributed by atoms with Crippen molar-refractivity contribution in [2.75, 3.05) is 31.7 Å². The highest BCUT2D eigenvalue weighted by atomic mass is 35.5. The second kappa shape index (κ2) is 9.95. The SMILES string of the molecule is COCCNCC1C(Oc2ccc(Cl)cc2)C(=O)N1c1ccccc1C.Cl. The lowest BCUT2D eigenvalue weighted by atomic mass is 9.95. The van der Waals surface area contributed by atoms with E-state index in [1.54, 1.807) is 31.4 Å². The topological polar surface area (TPSA) is 50.8 Å². The summed E-state index contributed by atoms with van der Waals surface area (Å²) < 4.78 is 11.0. The zero-order chi connectivity index (χ0) is 18.5. The van der Waals surface area contributed by atoms with Crippen molar-refractivity contribution in [2.45, 2.75) is 19.1 Å². The molecule has 1 fully saturated rings. The molecule has 0 spiro atoms. The van der Waals surface area contributed by atoms with Gasteiger partial charge in [-0.3, -0.25) is 4.79 Å². The Labute approximate surface area is 171 Å². The third kappa shape index (κ3) is 4.93. The number of nitrogens with one attached hydrogen (secondary N) is 1. The number of β-lactam (4-membered cyclic amide) rings is 1. The number of halogens is 2. The average molecular weight is 411 g/mol. The Morgan fingerprint density at radius 2 is 1.85 bits per heavy atom. The Morgan fingerprint density at radius 3 is 2.52 bits per heavy atom. The summed E-state index contributed by atoms with van der Waals surface area (Å²) in [5.74, 6) is 0.604. The maximum Gasteiger partial charge on any atom is 0.270 e. The van der Waals surface area contributed by atoms with Crippen molar-refractivity contribution in [1.82, 2.24) is 5.32 Å². The lowest BCUT2D eigenvalue weighted by Crippen LogP contribution is -2.70. The van der Waals surface area contributed by atoms with E-state index in [1.165, 1.54) is 0 Å². The van der Waals surface area contributed by atoms with Crippen molar-refractivity contribution in [3.05, 3.63) is 59.1 Å². The van der Waals surface area contributed by atoms with Gasteiger partial charge in [-0.2, -0.15) is 0 Å². The van der Waals surface area contributed by atoms with Gasteiger partial charge in [-0.1, -0.05) is 29.8 Å². The van der Waals surface area contributed by atoms with Gasteiger partial charge < -0.3 is 19.7 Å². The van der Waals surface area contributed by atoms with E-state index in [9.17, 15) is 4.79 Å². The number of anilines is 1. The highest BCUT2D eigenvalue weighted by molar-refractivity contribution is 6.30. The first-order valence-electron chi connectivity index (χ1n) is 8.62. The van der Waals surface area contributed by atoms with Crippen LogP contribution >= 0.6 is 24.0 Å². The molecule has 0 aromatic heterocycles. The normalized spacial score (nSPS) is 18.6. The first kappa shape index (κ1) is 21.5. The molecule has 1 saturated heterocycles. The van der Waals surface area contributed by atoms with E-state index in [4.69, 9.17) is 21.1 Å². The van der Waals surface area contributed by atoms with Gasteiger partial charge in [0.2, 0.25) is 0 Å². The van der Waals surface area contributed by atoms with Gasteiger partial charge in [-0.15, -0.1) is 12.4 Å². The molecule has 146 valence electrons. The van der Waals surface area contributed by atoms with E-state index < -0.39 is 6.10 Å². The average Bonchev–Trinajstić information content (AvgIpc) is 2.65. The van der Waals surface area contributed by atoms with Gasteiger partial charge in [0, 0.05) is 30.9 Å². The van der Waals surface area contributed by atoms with Crippen LogP contribution in [0.25, 0.3) is 0 Å². The van der Waals surface area contributed by atoms with Crippen molar-refractivity contribution in [3.8, 4) is 5.75 Å². The molecule has 7 heteroatoms. The number of hydrogen-bond donors (Lipinski definition) is 1. The smallest absolute Gasteiger partial charge is 0.270 e. The maximum absolute atomic E-state index is 12.8. The van der Waals surface area contributed by atoms with Crippen LogP contribution in [0.4, 0.5) is 5.69 Å². The molecule has 3 rings (SSSR count). The summed E-state index contributed by atoms with van der Waals surface area (Å²) in [5.41, 5.74) is 1.99. The fraction of sp³-hybridized carbons (Fsp3) is 0.350. The molecule has 0 radical (unpaired) electrons. The van der Waals surface area contributed by atoms with Crippen molar-refractivity contribution in [2.24, 2.45) is 0 Å².